The van der Waals surface area contributed by atoms with E-state index >= 15 is 0 Å². The summed E-state index contributed by atoms with van der Waals surface area (Å²) >= 11 is 0. The molecule has 19 heavy (non-hydrogen) atoms. The largest absolute Gasteiger partial charge is 0.478 e. The third-order valence-corrected chi connectivity index (χ3v) is 3.04. The highest BCUT2D eigenvalue weighted by atomic mass is 16.4. The number of benzene rings is 2. The van der Waals surface area contributed by atoms with Gasteiger partial charge in [-0.05, 0) is 31.5 Å². The van der Waals surface area contributed by atoms with Gasteiger partial charge in [0.25, 0.3) is 0 Å². The Morgan fingerprint density at radius 2 is 1.53 bits per heavy atom. The number of hydrogen-bond donors (Lipinski definition) is 1. The second kappa shape index (κ2) is 5.06. The van der Waals surface area contributed by atoms with E-state index in [0.717, 1.165) is 11.1 Å². The molecule has 0 spiro atoms. The van der Waals surface area contributed by atoms with E-state index in [0.29, 0.717) is 5.56 Å². The van der Waals surface area contributed by atoms with E-state index in [1.165, 1.54) is 6.07 Å². The molecule has 2 aromatic carbocycles. The third kappa shape index (κ3) is 2.55. The van der Waals surface area contributed by atoms with Crippen LogP contribution in [-0.4, -0.2) is 16.9 Å². The van der Waals surface area contributed by atoms with Gasteiger partial charge in [0.2, 0.25) is 0 Å². The highest BCUT2D eigenvalue weighted by Gasteiger charge is 2.18. The van der Waals surface area contributed by atoms with Gasteiger partial charge in [0.15, 0.2) is 5.78 Å². The summed E-state index contributed by atoms with van der Waals surface area (Å²) in [4.78, 5) is 23.6. The van der Waals surface area contributed by atoms with E-state index in [-0.39, 0.29) is 16.9 Å². The molecule has 0 heterocycles. The average molecular weight is 254 g/mol. The number of aromatic carboxylic acids is 1. The van der Waals surface area contributed by atoms with E-state index < -0.39 is 5.97 Å². The molecule has 0 amide bonds. The molecular formula is C16H14O3. The summed E-state index contributed by atoms with van der Waals surface area (Å²) in [5.74, 6) is -1.34. The van der Waals surface area contributed by atoms with E-state index in [1.54, 1.807) is 24.3 Å². The summed E-state index contributed by atoms with van der Waals surface area (Å²) < 4.78 is 0. The predicted molar refractivity (Wildman–Crippen MR) is 72.7 cm³/mol. The number of carbonyl (C=O) groups is 2. The lowest BCUT2D eigenvalue weighted by Crippen LogP contribution is -2.10. The van der Waals surface area contributed by atoms with Crippen LogP contribution < -0.4 is 0 Å². The fourth-order valence-corrected chi connectivity index (χ4v) is 1.99. The first-order chi connectivity index (χ1) is 9.00. The lowest BCUT2D eigenvalue weighted by molar-refractivity contribution is 0.0693. The van der Waals surface area contributed by atoms with Crippen LogP contribution in [0.2, 0.25) is 0 Å². The number of carboxylic acid groups (broad SMARTS) is 1. The molecule has 0 fully saturated rings. The average Bonchev–Trinajstić information content (AvgIpc) is 2.40. The van der Waals surface area contributed by atoms with E-state index in [9.17, 15) is 9.59 Å². The van der Waals surface area contributed by atoms with Crippen LogP contribution in [0.4, 0.5) is 0 Å². The second-order valence-corrected chi connectivity index (χ2v) is 4.50. The number of hydrogen-bond acceptors (Lipinski definition) is 2. The molecule has 2 aromatic rings. The maximum absolute atomic E-state index is 12.5. The van der Waals surface area contributed by atoms with E-state index in [2.05, 4.69) is 0 Å². The van der Waals surface area contributed by atoms with Crippen molar-refractivity contribution in [2.24, 2.45) is 0 Å². The SMILES string of the molecule is Cc1ccc(C)c(C(=O)c2ccccc2C(=O)O)c1. The molecule has 0 aliphatic heterocycles. The zero-order valence-corrected chi connectivity index (χ0v) is 10.8. The first kappa shape index (κ1) is 13.0. The smallest absolute Gasteiger partial charge is 0.336 e. The van der Waals surface area contributed by atoms with Gasteiger partial charge < -0.3 is 5.11 Å². The van der Waals surface area contributed by atoms with Crippen molar-refractivity contribution in [2.45, 2.75) is 13.8 Å². The number of ketones is 1. The minimum atomic E-state index is -1.09. The van der Waals surface area contributed by atoms with Gasteiger partial charge in [-0.15, -0.1) is 0 Å². The van der Waals surface area contributed by atoms with Crippen LogP contribution in [-0.2, 0) is 0 Å². The minimum absolute atomic E-state index is 0.0356. The topological polar surface area (TPSA) is 54.4 Å². The Morgan fingerprint density at radius 3 is 2.16 bits per heavy atom. The Bertz CT molecular complexity index is 657. The summed E-state index contributed by atoms with van der Waals surface area (Å²) in [6.07, 6.45) is 0. The molecular weight excluding hydrogens is 240 g/mol. The normalized spacial score (nSPS) is 10.2. The van der Waals surface area contributed by atoms with Crippen molar-refractivity contribution in [3.8, 4) is 0 Å². The molecule has 1 N–H and O–H groups in total. The maximum atomic E-state index is 12.5. The minimum Gasteiger partial charge on any atom is -0.478 e. The lowest BCUT2D eigenvalue weighted by atomic mass is 9.94. The lowest BCUT2D eigenvalue weighted by Gasteiger charge is -2.08. The summed E-state index contributed by atoms with van der Waals surface area (Å²) in [6.45, 7) is 3.75. The van der Waals surface area contributed by atoms with Crippen LogP contribution >= 0.6 is 0 Å². The van der Waals surface area contributed by atoms with Crippen molar-refractivity contribution < 1.29 is 14.7 Å². The van der Waals surface area contributed by atoms with Crippen LogP contribution in [0.3, 0.4) is 0 Å². The number of carboxylic acids is 1. The predicted octanol–water partition coefficient (Wildman–Crippen LogP) is 3.23. The highest BCUT2D eigenvalue weighted by molar-refractivity contribution is 6.14. The van der Waals surface area contributed by atoms with Gasteiger partial charge in [0, 0.05) is 11.1 Å². The molecule has 0 atom stereocenters. The molecule has 96 valence electrons. The van der Waals surface area contributed by atoms with Crippen LogP contribution in [0.15, 0.2) is 42.5 Å². The van der Waals surface area contributed by atoms with Gasteiger partial charge in [0.05, 0.1) is 5.56 Å². The molecule has 0 saturated heterocycles. The van der Waals surface area contributed by atoms with Crippen LogP contribution in [0.5, 0.6) is 0 Å². The Hall–Kier alpha value is -2.42. The molecule has 0 bridgehead atoms. The van der Waals surface area contributed by atoms with Crippen LogP contribution in [0.25, 0.3) is 0 Å². The van der Waals surface area contributed by atoms with Crippen molar-refractivity contribution >= 4 is 11.8 Å². The highest BCUT2D eigenvalue weighted by Crippen LogP contribution is 2.18. The number of rotatable bonds is 3. The van der Waals surface area contributed by atoms with Crippen molar-refractivity contribution in [3.63, 3.8) is 0 Å². The van der Waals surface area contributed by atoms with Gasteiger partial charge in [0.1, 0.15) is 0 Å². The van der Waals surface area contributed by atoms with Crippen molar-refractivity contribution in [3.05, 3.63) is 70.3 Å². The molecule has 0 radical (unpaired) electrons. The second-order valence-electron chi connectivity index (χ2n) is 4.50. The summed E-state index contributed by atoms with van der Waals surface area (Å²) in [5.41, 5.74) is 2.63. The summed E-state index contributed by atoms with van der Waals surface area (Å²) in [5, 5.41) is 9.13. The molecule has 0 aliphatic rings. The Morgan fingerprint density at radius 1 is 0.895 bits per heavy atom. The van der Waals surface area contributed by atoms with Crippen LogP contribution in [0.1, 0.15) is 37.4 Å². The van der Waals surface area contributed by atoms with Gasteiger partial charge in [-0.1, -0.05) is 35.9 Å². The van der Waals surface area contributed by atoms with Crippen LogP contribution in [0, 0.1) is 13.8 Å². The zero-order valence-electron chi connectivity index (χ0n) is 10.8. The molecule has 0 aromatic heterocycles. The standard InChI is InChI=1S/C16H14O3/c1-10-7-8-11(2)14(9-10)15(17)12-5-3-4-6-13(12)16(18)19/h3-9H,1-2H3,(H,18,19). The zero-order chi connectivity index (χ0) is 14.0. The number of carbonyl (C=O) groups excluding carboxylic acids is 1. The molecule has 0 aliphatic carbocycles. The number of aryl methyl sites for hydroxylation is 2. The maximum Gasteiger partial charge on any atom is 0.336 e. The van der Waals surface area contributed by atoms with Crippen molar-refractivity contribution in [1.29, 1.82) is 0 Å². The van der Waals surface area contributed by atoms with E-state index in [1.807, 2.05) is 26.0 Å². The quantitative estimate of drug-likeness (QED) is 0.855. The third-order valence-electron chi connectivity index (χ3n) is 3.04. The van der Waals surface area contributed by atoms with Crippen molar-refractivity contribution in [2.75, 3.05) is 0 Å². The molecule has 3 heteroatoms. The van der Waals surface area contributed by atoms with Gasteiger partial charge >= 0.3 is 5.97 Å². The fourth-order valence-electron chi connectivity index (χ4n) is 1.99. The van der Waals surface area contributed by atoms with Gasteiger partial charge in [-0.25, -0.2) is 4.79 Å². The Labute approximate surface area is 111 Å². The fraction of sp³-hybridized carbons (Fsp3) is 0.125. The Kier molecular flexibility index (Phi) is 3.47. The first-order valence-corrected chi connectivity index (χ1v) is 5.95. The van der Waals surface area contributed by atoms with Gasteiger partial charge in [-0.3, -0.25) is 4.79 Å². The van der Waals surface area contributed by atoms with E-state index in [4.69, 9.17) is 5.11 Å². The molecule has 3 nitrogen and oxygen atoms in total. The molecule has 0 saturated carbocycles. The summed E-state index contributed by atoms with van der Waals surface area (Å²) in [7, 11) is 0. The monoisotopic (exact) mass is 254 g/mol. The van der Waals surface area contributed by atoms with Gasteiger partial charge in [-0.2, -0.15) is 0 Å². The summed E-state index contributed by atoms with van der Waals surface area (Å²) in [6, 6.07) is 11.9. The first-order valence-electron chi connectivity index (χ1n) is 5.95. The molecule has 2 rings (SSSR count). The van der Waals surface area contributed by atoms with Crippen molar-refractivity contribution in [1.82, 2.24) is 0 Å². The Balaban J connectivity index is 2.56. The molecule has 0 unspecified atom stereocenters.